The molecule has 1 aliphatic heterocycles. The molecule has 0 unspecified atom stereocenters. The molecule has 0 aliphatic carbocycles. The van der Waals surface area contributed by atoms with Crippen LogP contribution in [0.25, 0.3) is 5.76 Å². The number of aliphatic imine (C=N–C) groups is 1. The number of morpholine rings is 1. The summed E-state index contributed by atoms with van der Waals surface area (Å²) in [7, 11) is 0. The Morgan fingerprint density at radius 3 is 2.06 bits per heavy atom. The molecule has 3 aromatic rings. The summed E-state index contributed by atoms with van der Waals surface area (Å²) in [5.74, 6) is -1.15. The molecule has 1 N–H and O–H groups in total. The zero-order valence-electron chi connectivity index (χ0n) is 20.1. The van der Waals surface area contributed by atoms with Crippen molar-refractivity contribution in [2.75, 3.05) is 32.9 Å². The van der Waals surface area contributed by atoms with Crippen LogP contribution in [-0.2, 0) is 14.3 Å². The zero-order valence-corrected chi connectivity index (χ0v) is 20.1. The molecular formula is C29H28N2O5. The van der Waals surface area contributed by atoms with Crippen molar-refractivity contribution < 1.29 is 24.2 Å². The summed E-state index contributed by atoms with van der Waals surface area (Å²) in [5.41, 5.74) is 1.59. The summed E-state index contributed by atoms with van der Waals surface area (Å²) in [4.78, 5) is 33.2. The van der Waals surface area contributed by atoms with E-state index < -0.39 is 11.7 Å². The molecule has 0 bridgehead atoms. The SMILES string of the molecule is CCOc1ccc(N=C(C(C(=O)C(=O)N2CCOCC2)=C(O)c2ccccc2)c2ccccc2)cc1. The molecule has 1 heterocycles. The number of nitrogens with zero attached hydrogens (tertiary/aromatic N) is 2. The molecule has 0 atom stereocenters. The highest BCUT2D eigenvalue weighted by atomic mass is 16.5. The Balaban J connectivity index is 1.87. The van der Waals surface area contributed by atoms with Crippen LogP contribution in [0, 0.1) is 0 Å². The van der Waals surface area contributed by atoms with E-state index in [0.717, 1.165) is 0 Å². The predicted octanol–water partition coefficient (Wildman–Crippen LogP) is 4.60. The van der Waals surface area contributed by atoms with Crippen molar-refractivity contribution in [3.63, 3.8) is 0 Å². The molecule has 7 nitrogen and oxygen atoms in total. The Labute approximate surface area is 210 Å². The van der Waals surface area contributed by atoms with Crippen LogP contribution >= 0.6 is 0 Å². The first kappa shape index (κ1) is 24.9. The maximum atomic E-state index is 13.8. The number of Topliss-reactive ketones (excluding diaryl/α,β-unsaturated/α-hetero) is 1. The van der Waals surface area contributed by atoms with Gasteiger partial charge in [-0.25, -0.2) is 4.99 Å². The normalized spacial score (nSPS) is 14.7. The minimum Gasteiger partial charge on any atom is -0.506 e. The highest BCUT2D eigenvalue weighted by Gasteiger charge is 2.32. The van der Waals surface area contributed by atoms with Crippen LogP contribution in [0.15, 0.2) is 95.5 Å². The number of amides is 1. The van der Waals surface area contributed by atoms with Crippen molar-refractivity contribution in [3.8, 4) is 5.75 Å². The fourth-order valence-corrected chi connectivity index (χ4v) is 3.86. The lowest BCUT2D eigenvalue weighted by Crippen LogP contribution is -2.45. The Morgan fingerprint density at radius 1 is 0.889 bits per heavy atom. The van der Waals surface area contributed by atoms with E-state index in [1.165, 1.54) is 4.90 Å². The average molecular weight is 485 g/mol. The van der Waals surface area contributed by atoms with Gasteiger partial charge >= 0.3 is 0 Å². The van der Waals surface area contributed by atoms with Gasteiger partial charge in [0.2, 0.25) is 0 Å². The maximum Gasteiger partial charge on any atom is 0.295 e. The summed E-state index contributed by atoms with van der Waals surface area (Å²) in [6.07, 6.45) is 0. The summed E-state index contributed by atoms with van der Waals surface area (Å²) in [6, 6.07) is 24.8. The van der Waals surface area contributed by atoms with Crippen molar-refractivity contribution in [3.05, 3.63) is 102 Å². The second-order valence-electron chi connectivity index (χ2n) is 8.08. The number of rotatable bonds is 8. The van der Waals surface area contributed by atoms with Gasteiger partial charge in [0, 0.05) is 24.2 Å². The fraction of sp³-hybridized carbons (Fsp3) is 0.207. The third kappa shape index (κ3) is 5.87. The quantitative estimate of drug-likeness (QED) is 0.218. The molecule has 36 heavy (non-hydrogen) atoms. The molecule has 0 aromatic heterocycles. The van der Waals surface area contributed by atoms with Crippen molar-refractivity contribution in [1.82, 2.24) is 4.90 Å². The number of carbonyl (C=O) groups is 2. The largest absolute Gasteiger partial charge is 0.506 e. The van der Waals surface area contributed by atoms with Gasteiger partial charge in [-0.1, -0.05) is 60.7 Å². The van der Waals surface area contributed by atoms with E-state index in [9.17, 15) is 14.7 Å². The molecule has 1 saturated heterocycles. The number of hydrogen-bond donors (Lipinski definition) is 1. The molecule has 3 aromatic carbocycles. The minimum absolute atomic E-state index is 0.155. The molecule has 1 aliphatic rings. The lowest BCUT2D eigenvalue weighted by molar-refractivity contribution is -0.145. The van der Waals surface area contributed by atoms with E-state index in [1.807, 2.05) is 31.2 Å². The molecular weight excluding hydrogens is 456 g/mol. The molecule has 4 rings (SSSR count). The molecule has 7 heteroatoms. The second kappa shape index (κ2) is 12.0. The van der Waals surface area contributed by atoms with Gasteiger partial charge in [-0.2, -0.15) is 0 Å². The number of aliphatic hydroxyl groups is 1. The molecule has 184 valence electrons. The van der Waals surface area contributed by atoms with Gasteiger partial charge < -0.3 is 19.5 Å². The molecule has 1 amide bonds. The van der Waals surface area contributed by atoms with Crippen molar-refractivity contribution in [1.29, 1.82) is 0 Å². The van der Waals surface area contributed by atoms with E-state index in [2.05, 4.69) is 0 Å². The Hall–Kier alpha value is -4.23. The zero-order chi connectivity index (χ0) is 25.3. The summed E-state index contributed by atoms with van der Waals surface area (Å²) < 4.78 is 10.8. The van der Waals surface area contributed by atoms with Crippen molar-refractivity contribution in [2.45, 2.75) is 6.92 Å². The number of carbonyl (C=O) groups excluding carboxylic acids is 2. The first-order chi connectivity index (χ1) is 17.6. The van der Waals surface area contributed by atoms with E-state index in [-0.39, 0.29) is 17.0 Å². The summed E-state index contributed by atoms with van der Waals surface area (Å²) >= 11 is 0. The number of ether oxygens (including phenoxy) is 2. The van der Waals surface area contributed by atoms with Gasteiger partial charge in [-0.05, 0) is 31.2 Å². The molecule has 0 radical (unpaired) electrons. The van der Waals surface area contributed by atoms with Gasteiger partial charge in [0.25, 0.3) is 11.7 Å². The van der Waals surface area contributed by atoms with E-state index in [1.54, 1.807) is 60.7 Å². The fourth-order valence-electron chi connectivity index (χ4n) is 3.86. The number of ketones is 1. The molecule has 0 spiro atoms. The van der Waals surface area contributed by atoms with Gasteiger partial charge in [0.15, 0.2) is 0 Å². The monoisotopic (exact) mass is 484 g/mol. The van der Waals surface area contributed by atoms with Gasteiger partial charge in [0.05, 0.1) is 36.8 Å². The third-order valence-electron chi connectivity index (χ3n) is 5.68. The van der Waals surface area contributed by atoms with Crippen LogP contribution in [0.3, 0.4) is 0 Å². The van der Waals surface area contributed by atoms with E-state index in [0.29, 0.717) is 55.5 Å². The average Bonchev–Trinajstić information content (AvgIpc) is 2.94. The summed E-state index contributed by atoms with van der Waals surface area (Å²) in [5, 5.41) is 11.4. The Bertz CT molecular complexity index is 1250. The van der Waals surface area contributed by atoms with Crippen LogP contribution in [0.1, 0.15) is 18.1 Å². The topological polar surface area (TPSA) is 88.4 Å². The minimum atomic E-state index is -0.827. The number of hydrogen-bond acceptors (Lipinski definition) is 6. The van der Waals surface area contributed by atoms with E-state index in [4.69, 9.17) is 14.5 Å². The van der Waals surface area contributed by atoms with E-state index >= 15 is 0 Å². The van der Waals surface area contributed by atoms with Crippen LogP contribution in [0.5, 0.6) is 5.75 Å². The van der Waals surface area contributed by atoms with Gasteiger partial charge in [-0.15, -0.1) is 0 Å². The Morgan fingerprint density at radius 2 is 1.47 bits per heavy atom. The number of benzene rings is 3. The Kier molecular flexibility index (Phi) is 8.26. The van der Waals surface area contributed by atoms with Crippen molar-refractivity contribution >= 4 is 28.8 Å². The molecule has 1 fully saturated rings. The predicted molar refractivity (Wildman–Crippen MR) is 139 cm³/mol. The van der Waals surface area contributed by atoms with Crippen LogP contribution < -0.4 is 4.74 Å². The van der Waals surface area contributed by atoms with Gasteiger partial charge in [0.1, 0.15) is 11.5 Å². The maximum absolute atomic E-state index is 13.8. The standard InChI is InChI=1S/C29H28N2O5/c1-2-36-24-15-13-23(14-16-24)30-26(21-9-5-3-6-10-21)25(27(32)22-11-7-4-8-12-22)28(33)29(34)31-17-19-35-20-18-31/h3-16,32H,2,17-20H2,1H3. The second-order valence-corrected chi connectivity index (χ2v) is 8.08. The van der Waals surface area contributed by atoms with Crippen LogP contribution in [-0.4, -0.2) is 60.3 Å². The first-order valence-electron chi connectivity index (χ1n) is 11.9. The smallest absolute Gasteiger partial charge is 0.295 e. The first-order valence-corrected chi connectivity index (χ1v) is 11.9. The van der Waals surface area contributed by atoms with Gasteiger partial charge in [-0.3, -0.25) is 9.59 Å². The lowest BCUT2D eigenvalue weighted by atomic mass is 9.94. The lowest BCUT2D eigenvalue weighted by Gasteiger charge is -2.26. The highest BCUT2D eigenvalue weighted by Crippen LogP contribution is 2.26. The van der Waals surface area contributed by atoms with Crippen LogP contribution in [0.2, 0.25) is 0 Å². The number of aliphatic hydroxyl groups excluding tert-OH is 1. The van der Waals surface area contributed by atoms with Crippen LogP contribution in [0.4, 0.5) is 5.69 Å². The highest BCUT2D eigenvalue weighted by molar-refractivity contribution is 6.52. The summed E-state index contributed by atoms with van der Waals surface area (Å²) in [6.45, 7) is 3.76. The third-order valence-corrected chi connectivity index (χ3v) is 5.68. The molecule has 0 saturated carbocycles. The van der Waals surface area contributed by atoms with Crippen molar-refractivity contribution in [2.24, 2.45) is 4.99 Å².